The molecular weight excluding hydrogens is 272 g/mol. The summed E-state index contributed by atoms with van der Waals surface area (Å²) in [6, 6.07) is 1.78. The molecule has 1 aliphatic rings. The maximum atomic E-state index is 12.3. The van der Waals surface area contributed by atoms with Crippen LogP contribution >= 0.6 is 0 Å². The van der Waals surface area contributed by atoms with E-state index in [-0.39, 0.29) is 24.0 Å². The lowest BCUT2D eigenvalue weighted by Crippen LogP contribution is -2.47. The van der Waals surface area contributed by atoms with Gasteiger partial charge in [0.25, 0.3) is 0 Å². The number of carbonyl (C=O) groups excluding carboxylic acids is 2. The Morgan fingerprint density at radius 1 is 1.71 bits per heavy atom. The van der Waals surface area contributed by atoms with E-state index in [9.17, 15) is 9.59 Å². The second-order valence-corrected chi connectivity index (χ2v) is 5.34. The summed E-state index contributed by atoms with van der Waals surface area (Å²) in [6.07, 6.45) is 4.02. The molecule has 1 aromatic rings. The zero-order valence-electron chi connectivity index (χ0n) is 12.4. The molecular formula is C14H22N4O3. The van der Waals surface area contributed by atoms with Gasteiger partial charge in [0.05, 0.1) is 30.3 Å². The fourth-order valence-electron chi connectivity index (χ4n) is 2.87. The van der Waals surface area contributed by atoms with E-state index in [2.05, 4.69) is 15.5 Å². The number of hydrogen-bond acceptors (Lipinski definition) is 4. The molecule has 0 aliphatic carbocycles. The molecule has 0 spiro atoms. The third-order valence-corrected chi connectivity index (χ3v) is 4.05. The zero-order valence-corrected chi connectivity index (χ0v) is 12.4. The number of ether oxygens (including phenoxy) is 1. The first-order chi connectivity index (χ1) is 10.2. The summed E-state index contributed by atoms with van der Waals surface area (Å²) in [5.74, 6) is -0.419. The molecule has 0 saturated carbocycles. The van der Waals surface area contributed by atoms with Gasteiger partial charge in [0, 0.05) is 19.9 Å². The lowest BCUT2D eigenvalue weighted by molar-refractivity contribution is -0.133. The SMILES string of the molecule is COC(C(C)C(=O)NCc1ccn[nH]1)C1CCCN1C=O. The van der Waals surface area contributed by atoms with Crippen LogP contribution in [0.5, 0.6) is 0 Å². The topological polar surface area (TPSA) is 87.3 Å². The Bertz CT molecular complexity index is 463. The summed E-state index contributed by atoms with van der Waals surface area (Å²) in [5.41, 5.74) is 0.847. The average molecular weight is 294 g/mol. The molecule has 2 N–H and O–H groups in total. The van der Waals surface area contributed by atoms with Crippen molar-refractivity contribution >= 4 is 12.3 Å². The first-order valence-electron chi connectivity index (χ1n) is 7.17. The molecule has 2 rings (SSSR count). The van der Waals surface area contributed by atoms with Crippen molar-refractivity contribution in [2.24, 2.45) is 5.92 Å². The molecule has 0 aromatic carbocycles. The number of amides is 2. The Morgan fingerprint density at radius 3 is 3.14 bits per heavy atom. The zero-order chi connectivity index (χ0) is 15.2. The standard InChI is InChI=1S/C14H22N4O3/c1-10(14(20)15-8-11-5-6-16-17-11)13(21-2)12-4-3-7-18(12)9-19/h5-6,9-10,12-13H,3-4,7-8H2,1-2H3,(H,15,20)(H,16,17). The van der Waals surface area contributed by atoms with E-state index in [0.29, 0.717) is 6.54 Å². The molecule has 3 unspecified atom stereocenters. The number of likely N-dealkylation sites (tertiary alicyclic amines) is 1. The van der Waals surface area contributed by atoms with Gasteiger partial charge < -0.3 is 15.0 Å². The second kappa shape index (κ2) is 7.21. The van der Waals surface area contributed by atoms with Gasteiger partial charge in [-0.05, 0) is 18.9 Å². The number of methoxy groups -OCH3 is 1. The van der Waals surface area contributed by atoms with E-state index in [1.54, 1.807) is 18.2 Å². The fraction of sp³-hybridized carbons (Fsp3) is 0.643. The van der Waals surface area contributed by atoms with Crippen LogP contribution in [0.3, 0.4) is 0 Å². The molecule has 0 radical (unpaired) electrons. The van der Waals surface area contributed by atoms with Crippen LogP contribution in [0.25, 0.3) is 0 Å². The fourth-order valence-corrected chi connectivity index (χ4v) is 2.87. The van der Waals surface area contributed by atoms with Gasteiger partial charge in [0.1, 0.15) is 0 Å². The van der Waals surface area contributed by atoms with Crippen LogP contribution in [0.1, 0.15) is 25.5 Å². The maximum Gasteiger partial charge on any atom is 0.225 e. The maximum absolute atomic E-state index is 12.3. The lowest BCUT2D eigenvalue weighted by Gasteiger charge is -2.31. The number of carbonyl (C=O) groups is 2. The Hall–Kier alpha value is -1.89. The third-order valence-electron chi connectivity index (χ3n) is 4.05. The summed E-state index contributed by atoms with van der Waals surface area (Å²) in [6.45, 7) is 2.97. The van der Waals surface area contributed by atoms with Crippen molar-refractivity contribution in [3.05, 3.63) is 18.0 Å². The Kier molecular flexibility index (Phi) is 5.32. The van der Waals surface area contributed by atoms with Gasteiger partial charge in [-0.2, -0.15) is 5.10 Å². The number of nitrogens with zero attached hydrogens (tertiary/aromatic N) is 2. The molecule has 0 bridgehead atoms. The Labute approximate surface area is 124 Å². The predicted molar refractivity (Wildman–Crippen MR) is 76.2 cm³/mol. The van der Waals surface area contributed by atoms with E-state index < -0.39 is 0 Å². The van der Waals surface area contributed by atoms with Gasteiger partial charge in [-0.1, -0.05) is 6.92 Å². The van der Waals surface area contributed by atoms with Crippen molar-refractivity contribution in [3.8, 4) is 0 Å². The second-order valence-electron chi connectivity index (χ2n) is 5.34. The van der Waals surface area contributed by atoms with Crippen molar-refractivity contribution in [1.29, 1.82) is 0 Å². The molecule has 1 aliphatic heterocycles. The number of aromatic nitrogens is 2. The molecule has 1 fully saturated rings. The van der Waals surface area contributed by atoms with Crippen molar-refractivity contribution in [1.82, 2.24) is 20.4 Å². The normalized spacial score (nSPS) is 21.0. The molecule has 116 valence electrons. The van der Waals surface area contributed by atoms with Gasteiger partial charge in [-0.25, -0.2) is 0 Å². The quantitative estimate of drug-likeness (QED) is 0.708. The van der Waals surface area contributed by atoms with Crippen LogP contribution in [0, 0.1) is 5.92 Å². The highest BCUT2D eigenvalue weighted by molar-refractivity contribution is 5.79. The number of H-pyrrole nitrogens is 1. The first-order valence-corrected chi connectivity index (χ1v) is 7.17. The summed E-state index contributed by atoms with van der Waals surface area (Å²) >= 11 is 0. The largest absolute Gasteiger partial charge is 0.378 e. The highest BCUT2D eigenvalue weighted by Crippen LogP contribution is 2.25. The van der Waals surface area contributed by atoms with Crippen LogP contribution in [-0.4, -0.2) is 53.2 Å². The molecule has 21 heavy (non-hydrogen) atoms. The Morgan fingerprint density at radius 2 is 2.52 bits per heavy atom. The summed E-state index contributed by atoms with van der Waals surface area (Å²) in [4.78, 5) is 25.1. The van der Waals surface area contributed by atoms with Crippen molar-refractivity contribution < 1.29 is 14.3 Å². The molecule has 3 atom stereocenters. The third kappa shape index (κ3) is 3.60. The monoisotopic (exact) mass is 294 g/mol. The van der Waals surface area contributed by atoms with E-state index in [1.807, 2.05) is 13.0 Å². The van der Waals surface area contributed by atoms with E-state index in [1.165, 1.54) is 0 Å². The van der Waals surface area contributed by atoms with Crippen LogP contribution in [0.15, 0.2) is 12.3 Å². The number of rotatable bonds is 7. The van der Waals surface area contributed by atoms with E-state index in [0.717, 1.165) is 31.5 Å². The van der Waals surface area contributed by atoms with Gasteiger partial charge in [0.2, 0.25) is 12.3 Å². The van der Waals surface area contributed by atoms with Crippen LogP contribution < -0.4 is 5.32 Å². The number of aromatic amines is 1. The summed E-state index contributed by atoms with van der Waals surface area (Å²) in [7, 11) is 1.59. The molecule has 2 heterocycles. The molecule has 7 heteroatoms. The van der Waals surface area contributed by atoms with Gasteiger partial charge in [0.15, 0.2) is 0 Å². The average Bonchev–Trinajstić information content (AvgIpc) is 3.16. The van der Waals surface area contributed by atoms with Crippen LogP contribution in [-0.2, 0) is 20.9 Å². The van der Waals surface area contributed by atoms with Gasteiger partial charge >= 0.3 is 0 Å². The van der Waals surface area contributed by atoms with Crippen LogP contribution in [0.2, 0.25) is 0 Å². The first kappa shape index (κ1) is 15.5. The van der Waals surface area contributed by atoms with E-state index in [4.69, 9.17) is 4.74 Å². The predicted octanol–water partition coefficient (Wildman–Crippen LogP) is 0.298. The molecule has 1 saturated heterocycles. The van der Waals surface area contributed by atoms with Crippen molar-refractivity contribution in [2.75, 3.05) is 13.7 Å². The highest BCUT2D eigenvalue weighted by atomic mass is 16.5. The highest BCUT2D eigenvalue weighted by Gasteiger charge is 2.37. The van der Waals surface area contributed by atoms with Crippen molar-refractivity contribution in [3.63, 3.8) is 0 Å². The molecule has 7 nitrogen and oxygen atoms in total. The smallest absolute Gasteiger partial charge is 0.225 e. The van der Waals surface area contributed by atoms with Crippen molar-refractivity contribution in [2.45, 2.75) is 38.5 Å². The minimum Gasteiger partial charge on any atom is -0.378 e. The molecule has 2 amide bonds. The lowest BCUT2D eigenvalue weighted by atomic mass is 9.95. The van der Waals surface area contributed by atoms with Crippen LogP contribution in [0.4, 0.5) is 0 Å². The van der Waals surface area contributed by atoms with Gasteiger partial charge in [-0.3, -0.25) is 14.7 Å². The van der Waals surface area contributed by atoms with E-state index >= 15 is 0 Å². The summed E-state index contributed by atoms with van der Waals surface area (Å²) in [5, 5.41) is 9.49. The Balaban J connectivity index is 1.93. The minimum atomic E-state index is -0.330. The number of nitrogens with one attached hydrogen (secondary N) is 2. The van der Waals surface area contributed by atoms with Gasteiger partial charge in [-0.15, -0.1) is 0 Å². The molecule has 1 aromatic heterocycles. The summed E-state index contributed by atoms with van der Waals surface area (Å²) < 4.78 is 5.50. The number of hydrogen-bond donors (Lipinski definition) is 2. The minimum absolute atomic E-state index is 0.0274.